The first-order valence-electron chi connectivity index (χ1n) is 6.29. The third-order valence-corrected chi connectivity index (χ3v) is 3.62. The molecule has 0 atom stereocenters. The van der Waals surface area contributed by atoms with Gasteiger partial charge in [-0.2, -0.15) is 0 Å². The number of hydrogen-bond acceptors (Lipinski definition) is 4. The van der Waals surface area contributed by atoms with Gasteiger partial charge in [0.25, 0.3) is 5.78 Å². The second-order valence-electron chi connectivity index (χ2n) is 4.37. The van der Waals surface area contributed by atoms with E-state index in [1.165, 1.54) is 6.42 Å². The van der Waals surface area contributed by atoms with Gasteiger partial charge in [0, 0.05) is 5.56 Å². The number of halogens is 1. The van der Waals surface area contributed by atoms with E-state index in [0.29, 0.717) is 15.8 Å². The lowest BCUT2D eigenvalue weighted by atomic mass is 9.96. The number of rotatable bonds is 5. The van der Waals surface area contributed by atoms with Crippen molar-refractivity contribution in [2.75, 3.05) is 6.61 Å². The summed E-state index contributed by atoms with van der Waals surface area (Å²) in [7, 11) is 0. The van der Waals surface area contributed by atoms with E-state index in [4.69, 9.17) is 4.74 Å². The van der Waals surface area contributed by atoms with Crippen molar-refractivity contribution < 1.29 is 19.1 Å². The van der Waals surface area contributed by atoms with Crippen molar-refractivity contribution in [2.45, 2.75) is 32.3 Å². The first kappa shape index (κ1) is 14.1. The molecule has 4 nitrogen and oxygen atoms in total. The number of esters is 1. The highest BCUT2D eigenvalue weighted by Gasteiger charge is 2.22. The summed E-state index contributed by atoms with van der Waals surface area (Å²) in [5.74, 6) is -0.773. The molecule has 1 aliphatic carbocycles. The second-order valence-corrected chi connectivity index (χ2v) is 5.22. The summed E-state index contributed by atoms with van der Waals surface area (Å²) >= 11 is 3.36. The maximum atomic E-state index is 11.8. The van der Waals surface area contributed by atoms with Gasteiger partial charge in [-0.3, -0.25) is 4.79 Å². The Morgan fingerprint density at radius 1 is 1.37 bits per heavy atom. The molecule has 0 aromatic heterocycles. The quantitative estimate of drug-likeness (QED) is 0.474. The van der Waals surface area contributed by atoms with Crippen LogP contribution in [0.3, 0.4) is 0 Å². The molecule has 0 amide bonds. The summed E-state index contributed by atoms with van der Waals surface area (Å²) in [6, 6.07) is 4.88. The van der Waals surface area contributed by atoms with E-state index in [2.05, 4.69) is 20.7 Å². The SMILES string of the molecule is CCOC(=O)C(=O)c1ccc(OC2CCC2)c(Br)c1. The summed E-state index contributed by atoms with van der Waals surface area (Å²) in [5, 5.41) is 0. The van der Waals surface area contributed by atoms with E-state index < -0.39 is 11.8 Å². The lowest BCUT2D eigenvalue weighted by Gasteiger charge is -2.26. The van der Waals surface area contributed by atoms with E-state index >= 15 is 0 Å². The van der Waals surface area contributed by atoms with Gasteiger partial charge in [-0.05, 0) is 60.3 Å². The topological polar surface area (TPSA) is 52.6 Å². The molecule has 1 aromatic rings. The van der Waals surface area contributed by atoms with Crippen molar-refractivity contribution >= 4 is 27.7 Å². The molecular weight excluding hydrogens is 312 g/mol. The average Bonchev–Trinajstić information content (AvgIpc) is 2.34. The molecule has 0 radical (unpaired) electrons. The Kier molecular flexibility index (Phi) is 4.58. The van der Waals surface area contributed by atoms with Crippen molar-refractivity contribution in [2.24, 2.45) is 0 Å². The van der Waals surface area contributed by atoms with Crippen molar-refractivity contribution in [3.63, 3.8) is 0 Å². The molecule has 0 heterocycles. The summed E-state index contributed by atoms with van der Waals surface area (Å²) in [6.45, 7) is 1.85. The number of hydrogen-bond donors (Lipinski definition) is 0. The molecule has 0 N–H and O–H groups in total. The van der Waals surface area contributed by atoms with Gasteiger partial charge in [0.1, 0.15) is 5.75 Å². The number of ether oxygens (including phenoxy) is 2. The molecule has 0 saturated heterocycles. The van der Waals surface area contributed by atoms with E-state index in [9.17, 15) is 9.59 Å². The fourth-order valence-electron chi connectivity index (χ4n) is 1.72. The molecule has 0 unspecified atom stereocenters. The van der Waals surface area contributed by atoms with Crippen LogP contribution in [0, 0.1) is 0 Å². The number of carbonyl (C=O) groups is 2. The minimum atomic E-state index is -0.831. The standard InChI is InChI=1S/C14H15BrO4/c1-2-18-14(17)13(16)9-6-7-12(11(15)8-9)19-10-4-3-5-10/h6-8,10H,2-5H2,1H3. The van der Waals surface area contributed by atoms with Gasteiger partial charge in [-0.1, -0.05) is 0 Å². The highest BCUT2D eigenvalue weighted by atomic mass is 79.9. The Hall–Kier alpha value is -1.36. The monoisotopic (exact) mass is 326 g/mol. The lowest BCUT2D eigenvalue weighted by molar-refractivity contribution is -0.137. The molecule has 19 heavy (non-hydrogen) atoms. The van der Waals surface area contributed by atoms with Gasteiger partial charge in [-0.15, -0.1) is 0 Å². The van der Waals surface area contributed by atoms with Gasteiger partial charge in [0.05, 0.1) is 17.2 Å². The third kappa shape index (κ3) is 3.35. The molecule has 2 rings (SSSR count). The Morgan fingerprint density at radius 3 is 2.63 bits per heavy atom. The number of ketones is 1. The zero-order chi connectivity index (χ0) is 13.8. The lowest BCUT2D eigenvalue weighted by Crippen LogP contribution is -2.24. The number of Topliss-reactive ketones (excluding diaryl/α,β-unsaturated/α-hetero) is 1. The van der Waals surface area contributed by atoms with E-state index in [-0.39, 0.29) is 12.7 Å². The van der Waals surface area contributed by atoms with Crippen molar-refractivity contribution in [3.8, 4) is 5.75 Å². The fraction of sp³-hybridized carbons (Fsp3) is 0.429. The Bertz CT molecular complexity index is 494. The molecule has 1 fully saturated rings. The smallest absolute Gasteiger partial charge is 0.379 e. The number of carbonyl (C=O) groups excluding carboxylic acids is 2. The van der Waals surface area contributed by atoms with Crippen LogP contribution in [0.4, 0.5) is 0 Å². The molecule has 1 saturated carbocycles. The minimum Gasteiger partial charge on any atom is -0.489 e. The van der Waals surface area contributed by atoms with Crippen LogP contribution in [-0.2, 0) is 9.53 Å². The van der Waals surface area contributed by atoms with E-state index in [1.54, 1.807) is 25.1 Å². The second kappa shape index (κ2) is 6.19. The van der Waals surface area contributed by atoms with Gasteiger partial charge >= 0.3 is 5.97 Å². The van der Waals surface area contributed by atoms with Crippen molar-refractivity contribution in [1.29, 1.82) is 0 Å². The average molecular weight is 327 g/mol. The number of benzene rings is 1. The highest BCUT2D eigenvalue weighted by molar-refractivity contribution is 9.10. The van der Waals surface area contributed by atoms with Gasteiger partial charge in [0.2, 0.25) is 0 Å². The molecule has 0 spiro atoms. The molecule has 0 aliphatic heterocycles. The van der Waals surface area contributed by atoms with Crippen LogP contribution in [0.1, 0.15) is 36.5 Å². The predicted molar refractivity (Wildman–Crippen MR) is 73.4 cm³/mol. The zero-order valence-corrected chi connectivity index (χ0v) is 12.2. The summed E-state index contributed by atoms with van der Waals surface area (Å²) in [4.78, 5) is 23.1. The summed E-state index contributed by atoms with van der Waals surface area (Å²) in [6.07, 6.45) is 3.59. The Morgan fingerprint density at radius 2 is 2.11 bits per heavy atom. The van der Waals surface area contributed by atoms with Crippen molar-refractivity contribution in [3.05, 3.63) is 28.2 Å². The Labute approximate surface area is 120 Å². The molecule has 5 heteroatoms. The van der Waals surface area contributed by atoms with Crippen LogP contribution in [0.15, 0.2) is 22.7 Å². The van der Waals surface area contributed by atoms with Crippen LogP contribution in [0.2, 0.25) is 0 Å². The van der Waals surface area contributed by atoms with E-state index in [0.717, 1.165) is 12.8 Å². The van der Waals surface area contributed by atoms with E-state index in [1.807, 2.05) is 0 Å². The van der Waals surface area contributed by atoms with Crippen LogP contribution in [0.5, 0.6) is 5.75 Å². The van der Waals surface area contributed by atoms with Gasteiger partial charge in [0.15, 0.2) is 0 Å². The summed E-state index contributed by atoms with van der Waals surface area (Å²) in [5.41, 5.74) is 0.297. The third-order valence-electron chi connectivity index (χ3n) is 3.00. The zero-order valence-electron chi connectivity index (χ0n) is 10.6. The molecule has 102 valence electrons. The van der Waals surface area contributed by atoms with Crippen LogP contribution >= 0.6 is 15.9 Å². The summed E-state index contributed by atoms with van der Waals surface area (Å²) < 4.78 is 11.1. The molecule has 0 bridgehead atoms. The normalized spacial score (nSPS) is 14.6. The predicted octanol–water partition coefficient (Wildman–Crippen LogP) is 3.13. The first-order chi connectivity index (χ1) is 9.11. The molecule has 1 aliphatic rings. The molecule has 1 aromatic carbocycles. The van der Waals surface area contributed by atoms with Crippen LogP contribution in [0.25, 0.3) is 0 Å². The van der Waals surface area contributed by atoms with Crippen LogP contribution in [-0.4, -0.2) is 24.5 Å². The largest absolute Gasteiger partial charge is 0.489 e. The van der Waals surface area contributed by atoms with Crippen molar-refractivity contribution in [1.82, 2.24) is 0 Å². The highest BCUT2D eigenvalue weighted by Crippen LogP contribution is 2.31. The van der Waals surface area contributed by atoms with Gasteiger partial charge in [-0.25, -0.2) is 4.79 Å². The maximum Gasteiger partial charge on any atom is 0.379 e. The Balaban J connectivity index is 2.09. The fourth-order valence-corrected chi connectivity index (χ4v) is 2.19. The minimum absolute atomic E-state index is 0.189. The van der Waals surface area contributed by atoms with Crippen LogP contribution < -0.4 is 4.74 Å². The first-order valence-corrected chi connectivity index (χ1v) is 7.08. The van der Waals surface area contributed by atoms with Gasteiger partial charge < -0.3 is 9.47 Å². The maximum absolute atomic E-state index is 11.8. The molecular formula is C14H15BrO4.